The van der Waals surface area contributed by atoms with Crippen LogP contribution < -0.4 is 5.32 Å². The van der Waals surface area contributed by atoms with E-state index in [-0.39, 0.29) is 11.8 Å². The fourth-order valence-corrected chi connectivity index (χ4v) is 1.90. The van der Waals surface area contributed by atoms with Gasteiger partial charge in [-0.15, -0.1) is 0 Å². The van der Waals surface area contributed by atoms with Crippen molar-refractivity contribution in [3.05, 3.63) is 39.4 Å². The number of aliphatic imine (C=N–C) groups is 1. The molecule has 1 amide bonds. The number of carbonyl (C=O) groups excluding carboxylic acids is 1. The van der Waals surface area contributed by atoms with Gasteiger partial charge in [0.15, 0.2) is 0 Å². The van der Waals surface area contributed by atoms with Crippen molar-refractivity contribution in [1.82, 2.24) is 5.32 Å². The first-order chi connectivity index (χ1) is 9.32. The molecule has 1 unspecified atom stereocenters. The van der Waals surface area contributed by atoms with Crippen LogP contribution in [0.5, 0.6) is 0 Å². The highest BCUT2D eigenvalue weighted by Gasteiger charge is 2.34. The zero-order chi connectivity index (χ0) is 15.0. The summed E-state index contributed by atoms with van der Waals surface area (Å²) < 4.78 is 27.7. The second-order valence-electron chi connectivity index (χ2n) is 4.67. The fraction of sp³-hybridized carbons (Fsp3) is 0.333. The van der Waals surface area contributed by atoms with Crippen LogP contribution in [0, 0.1) is 27.7 Å². The normalized spacial score (nSPS) is 18.1. The van der Waals surface area contributed by atoms with Gasteiger partial charge in [0.25, 0.3) is 5.91 Å². The Bertz CT molecular complexity index is 629. The third kappa shape index (κ3) is 2.24. The number of hydrogen-bond acceptors (Lipinski definition) is 4. The topological polar surface area (TPSA) is 84.6 Å². The van der Waals surface area contributed by atoms with Crippen molar-refractivity contribution in [3.63, 3.8) is 0 Å². The number of benzene rings is 1. The van der Waals surface area contributed by atoms with E-state index < -0.39 is 39.8 Å². The first-order valence-electron chi connectivity index (χ1n) is 5.84. The summed E-state index contributed by atoms with van der Waals surface area (Å²) in [5.41, 5.74) is -1.55. The average molecular weight is 283 g/mol. The maximum absolute atomic E-state index is 14.0. The van der Waals surface area contributed by atoms with Gasteiger partial charge >= 0.3 is 5.69 Å². The van der Waals surface area contributed by atoms with Gasteiger partial charge < -0.3 is 5.32 Å². The van der Waals surface area contributed by atoms with Crippen molar-refractivity contribution in [3.8, 4) is 0 Å². The van der Waals surface area contributed by atoms with Crippen molar-refractivity contribution >= 4 is 17.4 Å². The highest BCUT2D eigenvalue weighted by molar-refractivity contribution is 6.14. The highest BCUT2D eigenvalue weighted by Crippen LogP contribution is 2.25. The average Bonchev–Trinajstić information content (AvgIpc) is 2.70. The molecular formula is C12H11F2N3O3. The largest absolute Gasteiger partial charge is 0.308 e. The zero-order valence-electron chi connectivity index (χ0n) is 10.7. The lowest BCUT2D eigenvalue weighted by atomic mass is 10.1. The van der Waals surface area contributed by atoms with Gasteiger partial charge in [0.2, 0.25) is 5.82 Å². The molecule has 8 heteroatoms. The van der Waals surface area contributed by atoms with Gasteiger partial charge in [-0.3, -0.25) is 19.9 Å². The molecule has 20 heavy (non-hydrogen) atoms. The molecule has 6 nitrogen and oxygen atoms in total. The molecule has 1 aliphatic rings. The van der Waals surface area contributed by atoms with Gasteiger partial charge in [0, 0.05) is 6.07 Å². The Morgan fingerprint density at radius 1 is 1.40 bits per heavy atom. The Morgan fingerprint density at radius 3 is 2.55 bits per heavy atom. The lowest BCUT2D eigenvalue weighted by molar-refractivity contribution is -0.387. The van der Waals surface area contributed by atoms with E-state index in [1.807, 2.05) is 0 Å². The number of amidine groups is 1. The molecule has 0 saturated heterocycles. The molecule has 1 N–H and O–H groups in total. The maximum atomic E-state index is 14.0. The monoisotopic (exact) mass is 283 g/mol. The maximum Gasteiger partial charge on any atom is 0.305 e. The number of nitro groups is 1. The van der Waals surface area contributed by atoms with Crippen molar-refractivity contribution in [2.24, 2.45) is 10.9 Å². The Hall–Kier alpha value is -2.38. The van der Waals surface area contributed by atoms with Gasteiger partial charge in [-0.05, 0) is 12.0 Å². The molecule has 0 spiro atoms. The number of nitrogens with one attached hydrogen (secondary N) is 1. The Morgan fingerprint density at radius 2 is 2.05 bits per heavy atom. The molecule has 1 heterocycles. The van der Waals surface area contributed by atoms with Gasteiger partial charge in [-0.2, -0.15) is 4.39 Å². The molecule has 0 saturated carbocycles. The first-order valence-corrected chi connectivity index (χ1v) is 5.84. The minimum atomic E-state index is -1.35. The van der Waals surface area contributed by atoms with Crippen LogP contribution >= 0.6 is 0 Å². The van der Waals surface area contributed by atoms with Crippen molar-refractivity contribution in [2.75, 3.05) is 0 Å². The van der Waals surface area contributed by atoms with Crippen LogP contribution in [0.15, 0.2) is 17.1 Å². The number of rotatable bonds is 3. The van der Waals surface area contributed by atoms with E-state index >= 15 is 0 Å². The summed E-state index contributed by atoms with van der Waals surface area (Å²) in [6.07, 6.45) is 0. The van der Waals surface area contributed by atoms with E-state index in [1.165, 1.54) is 0 Å². The number of nitro benzene ring substituents is 1. The lowest BCUT2D eigenvalue weighted by Crippen LogP contribution is -2.32. The summed E-state index contributed by atoms with van der Waals surface area (Å²) >= 11 is 0. The van der Waals surface area contributed by atoms with Crippen molar-refractivity contribution in [2.45, 2.75) is 19.9 Å². The quantitative estimate of drug-likeness (QED) is 0.677. The minimum absolute atomic E-state index is 0.155. The molecule has 1 aliphatic heterocycles. The van der Waals surface area contributed by atoms with Crippen LogP contribution in [0.2, 0.25) is 0 Å². The van der Waals surface area contributed by atoms with Gasteiger partial charge in [0.1, 0.15) is 17.7 Å². The molecule has 2 rings (SSSR count). The van der Waals surface area contributed by atoms with E-state index in [0.29, 0.717) is 0 Å². The van der Waals surface area contributed by atoms with Crippen molar-refractivity contribution in [1.29, 1.82) is 0 Å². The van der Waals surface area contributed by atoms with Gasteiger partial charge in [-0.25, -0.2) is 4.39 Å². The van der Waals surface area contributed by atoms with Crippen LogP contribution in [-0.2, 0) is 4.79 Å². The van der Waals surface area contributed by atoms with Gasteiger partial charge in [0.05, 0.1) is 10.5 Å². The Labute approximate surface area is 112 Å². The van der Waals surface area contributed by atoms with E-state index in [0.717, 1.165) is 12.1 Å². The zero-order valence-corrected chi connectivity index (χ0v) is 10.7. The Kier molecular flexibility index (Phi) is 3.47. The number of nitrogens with zero attached hydrogens (tertiary/aromatic N) is 2. The second kappa shape index (κ2) is 4.95. The molecule has 0 aromatic heterocycles. The standard InChI is InChI=1S/C12H11F2N3O3/c1-5(2)10-12(18)16-11(15-10)8-6(13)3-4-7(9(8)14)17(19)20/h3-5,10H,1-2H3,(H,15,16,18). The number of halogens is 2. The smallest absolute Gasteiger partial charge is 0.305 e. The number of hydrogen-bond donors (Lipinski definition) is 1. The Balaban J connectivity index is 2.54. The summed E-state index contributed by atoms with van der Waals surface area (Å²) in [7, 11) is 0. The summed E-state index contributed by atoms with van der Waals surface area (Å²) in [6.45, 7) is 3.47. The van der Waals surface area contributed by atoms with Crippen LogP contribution in [-0.4, -0.2) is 22.7 Å². The van der Waals surface area contributed by atoms with E-state index in [4.69, 9.17) is 0 Å². The summed E-state index contributed by atoms with van der Waals surface area (Å²) in [4.78, 5) is 25.2. The highest BCUT2D eigenvalue weighted by atomic mass is 19.1. The SMILES string of the molecule is CC(C)C1N=C(c2c(F)ccc([N+](=O)[O-])c2F)NC1=O. The molecule has 1 atom stereocenters. The molecule has 1 aromatic carbocycles. The molecule has 0 aliphatic carbocycles. The molecule has 0 bridgehead atoms. The molecular weight excluding hydrogens is 272 g/mol. The summed E-state index contributed by atoms with van der Waals surface area (Å²) in [6, 6.07) is 0.738. The first kappa shape index (κ1) is 14.0. The molecule has 0 radical (unpaired) electrons. The second-order valence-corrected chi connectivity index (χ2v) is 4.67. The minimum Gasteiger partial charge on any atom is -0.308 e. The van der Waals surface area contributed by atoms with E-state index in [2.05, 4.69) is 10.3 Å². The van der Waals surface area contributed by atoms with E-state index in [1.54, 1.807) is 13.8 Å². The summed E-state index contributed by atoms with van der Waals surface area (Å²) in [5, 5.41) is 12.9. The summed E-state index contributed by atoms with van der Waals surface area (Å²) in [5.74, 6) is -3.32. The van der Waals surface area contributed by atoms with Crippen LogP contribution in [0.25, 0.3) is 0 Å². The predicted octanol–water partition coefficient (Wildman–Crippen LogP) is 1.77. The number of amides is 1. The van der Waals surface area contributed by atoms with Crippen LogP contribution in [0.1, 0.15) is 19.4 Å². The molecule has 0 fully saturated rings. The third-order valence-electron chi connectivity index (χ3n) is 2.91. The third-order valence-corrected chi connectivity index (χ3v) is 2.91. The van der Waals surface area contributed by atoms with Gasteiger partial charge in [-0.1, -0.05) is 13.8 Å². The molecule has 1 aromatic rings. The lowest BCUT2D eigenvalue weighted by Gasteiger charge is -2.06. The predicted molar refractivity (Wildman–Crippen MR) is 66.3 cm³/mol. The number of carbonyl (C=O) groups is 1. The fourth-order valence-electron chi connectivity index (χ4n) is 1.90. The van der Waals surface area contributed by atoms with Crippen LogP contribution in [0.4, 0.5) is 14.5 Å². The van der Waals surface area contributed by atoms with Crippen LogP contribution in [0.3, 0.4) is 0 Å². The molecule has 106 valence electrons. The van der Waals surface area contributed by atoms with Crippen molar-refractivity contribution < 1.29 is 18.5 Å². The van der Waals surface area contributed by atoms with E-state index in [9.17, 15) is 23.7 Å².